The number of nitrogens with one attached hydrogen (secondary N) is 1. The van der Waals surface area contributed by atoms with Gasteiger partial charge >= 0.3 is 0 Å². The average Bonchev–Trinajstić information content (AvgIpc) is 2.39. The van der Waals surface area contributed by atoms with Crippen molar-refractivity contribution in [1.82, 2.24) is 10.3 Å². The second-order valence-electron chi connectivity index (χ2n) is 3.96. The van der Waals surface area contributed by atoms with E-state index in [2.05, 4.69) is 10.3 Å². The van der Waals surface area contributed by atoms with Crippen LogP contribution in [0.25, 0.3) is 11.3 Å². The average molecular weight is 260 g/mol. The summed E-state index contributed by atoms with van der Waals surface area (Å²) in [5.74, 6) is -0.994. The number of benzene rings is 1. The van der Waals surface area contributed by atoms with Crippen LogP contribution >= 0.6 is 0 Å². The van der Waals surface area contributed by atoms with Crippen molar-refractivity contribution >= 4 is 5.91 Å². The standard InChI is InChI=1S/C14H13FN2O2/c1-2-16-14(19)11-5-3-9(7-12(11)15)13-6-4-10(18)8-17-13/h3-8,18H,2H2,1H3,(H,16,19). The van der Waals surface area contributed by atoms with Crippen LogP contribution in [0.5, 0.6) is 5.75 Å². The van der Waals surface area contributed by atoms with Crippen LogP contribution < -0.4 is 5.32 Å². The molecule has 0 atom stereocenters. The fourth-order valence-electron chi connectivity index (χ4n) is 1.67. The van der Waals surface area contributed by atoms with Crippen molar-refractivity contribution < 1.29 is 14.3 Å². The highest BCUT2D eigenvalue weighted by Gasteiger charge is 2.12. The molecule has 0 aliphatic carbocycles. The minimum atomic E-state index is -0.599. The van der Waals surface area contributed by atoms with Crippen LogP contribution in [-0.2, 0) is 0 Å². The Balaban J connectivity index is 2.33. The summed E-state index contributed by atoms with van der Waals surface area (Å²) in [5, 5.41) is 11.7. The van der Waals surface area contributed by atoms with Crippen molar-refractivity contribution in [1.29, 1.82) is 0 Å². The number of carbonyl (C=O) groups is 1. The number of pyridine rings is 1. The second kappa shape index (κ2) is 5.48. The van der Waals surface area contributed by atoms with Crippen LogP contribution in [0, 0.1) is 5.82 Å². The Kier molecular flexibility index (Phi) is 3.75. The van der Waals surface area contributed by atoms with E-state index in [1.807, 2.05) is 0 Å². The Morgan fingerprint density at radius 3 is 2.74 bits per heavy atom. The predicted molar refractivity (Wildman–Crippen MR) is 69.3 cm³/mol. The molecule has 0 unspecified atom stereocenters. The van der Waals surface area contributed by atoms with E-state index in [0.29, 0.717) is 17.8 Å². The quantitative estimate of drug-likeness (QED) is 0.890. The van der Waals surface area contributed by atoms with E-state index in [4.69, 9.17) is 5.11 Å². The molecule has 0 aliphatic heterocycles. The van der Waals surface area contributed by atoms with E-state index in [0.717, 1.165) is 0 Å². The number of halogens is 1. The number of amides is 1. The lowest BCUT2D eigenvalue weighted by Gasteiger charge is -2.06. The molecular formula is C14H13FN2O2. The van der Waals surface area contributed by atoms with Crippen LogP contribution in [0.3, 0.4) is 0 Å². The number of carbonyl (C=O) groups excluding carboxylic acids is 1. The number of nitrogens with zero attached hydrogens (tertiary/aromatic N) is 1. The molecule has 0 bridgehead atoms. The highest BCUT2D eigenvalue weighted by molar-refractivity contribution is 5.94. The van der Waals surface area contributed by atoms with E-state index in [1.165, 1.54) is 24.4 Å². The van der Waals surface area contributed by atoms with Crippen molar-refractivity contribution in [3.05, 3.63) is 47.9 Å². The molecule has 2 aromatic rings. The Bertz CT molecular complexity index is 597. The van der Waals surface area contributed by atoms with Crippen molar-refractivity contribution in [2.75, 3.05) is 6.54 Å². The number of rotatable bonds is 3. The summed E-state index contributed by atoms with van der Waals surface area (Å²) in [6.07, 6.45) is 1.28. The van der Waals surface area contributed by atoms with Crippen molar-refractivity contribution in [3.8, 4) is 17.0 Å². The maximum atomic E-state index is 13.9. The molecule has 1 amide bonds. The molecule has 1 aromatic carbocycles. The van der Waals surface area contributed by atoms with Gasteiger partial charge in [-0.2, -0.15) is 0 Å². The van der Waals surface area contributed by atoms with Gasteiger partial charge in [-0.1, -0.05) is 6.07 Å². The third-order valence-electron chi connectivity index (χ3n) is 2.59. The summed E-state index contributed by atoms with van der Waals surface area (Å²) in [7, 11) is 0. The van der Waals surface area contributed by atoms with Gasteiger partial charge < -0.3 is 10.4 Å². The highest BCUT2D eigenvalue weighted by atomic mass is 19.1. The smallest absolute Gasteiger partial charge is 0.254 e. The largest absolute Gasteiger partial charge is 0.506 e. The summed E-state index contributed by atoms with van der Waals surface area (Å²) < 4.78 is 13.9. The third kappa shape index (κ3) is 2.88. The van der Waals surface area contributed by atoms with Gasteiger partial charge in [-0.25, -0.2) is 4.39 Å². The maximum absolute atomic E-state index is 13.9. The minimum absolute atomic E-state index is 0.00405. The fraction of sp³-hybridized carbons (Fsp3) is 0.143. The van der Waals surface area contributed by atoms with Gasteiger partial charge in [-0.05, 0) is 31.2 Å². The van der Waals surface area contributed by atoms with E-state index in [1.54, 1.807) is 19.1 Å². The predicted octanol–water partition coefficient (Wildman–Crippen LogP) is 2.34. The number of hydrogen-bond donors (Lipinski definition) is 2. The van der Waals surface area contributed by atoms with Gasteiger partial charge in [0.25, 0.3) is 5.91 Å². The van der Waals surface area contributed by atoms with Gasteiger partial charge in [0.15, 0.2) is 0 Å². The normalized spacial score (nSPS) is 10.2. The molecule has 5 heteroatoms. The lowest BCUT2D eigenvalue weighted by atomic mass is 10.1. The van der Waals surface area contributed by atoms with Crippen molar-refractivity contribution in [3.63, 3.8) is 0 Å². The fourth-order valence-corrected chi connectivity index (χ4v) is 1.67. The molecule has 2 rings (SSSR count). The first-order valence-corrected chi connectivity index (χ1v) is 5.85. The molecule has 0 radical (unpaired) electrons. The summed E-state index contributed by atoms with van der Waals surface area (Å²) in [5.41, 5.74) is 1.08. The molecule has 19 heavy (non-hydrogen) atoms. The zero-order chi connectivity index (χ0) is 13.8. The Labute approximate surface area is 109 Å². The van der Waals surface area contributed by atoms with Gasteiger partial charge in [0.05, 0.1) is 17.5 Å². The third-order valence-corrected chi connectivity index (χ3v) is 2.59. The summed E-state index contributed by atoms with van der Waals surface area (Å²) >= 11 is 0. The van der Waals surface area contributed by atoms with E-state index >= 15 is 0 Å². The van der Waals surface area contributed by atoms with Crippen molar-refractivity contribution in [2.45, 2.75) is 6.92 Å². The van der Waals surface area contributed by atoms with Crippen LogP contribution in [-0.4, -0.2) is 22.5 Å². The number of aromatic hydroxyl groups is 1. The van der Waals surface area contributed by atoms with E-state index in [9.17, 15) is 9.18 Å². The molecule has 4 nitrogen and oxygen atoms in total. The molecule has 0 aliphatic rings. The Hall–Kier alpha value is -2.43. The molecule has 1 aromatic heterocycles. The first-order chi connectivity index (χ1) is 9.11. The van der Waals surface area contributed by atoms with Crippen LogP contribution in [0.15, 0.2) is 36.5 Å². The molecule has 0 fully saturated rings. The van der Waals surface area contributed by atoms with Crippen LogP contribution in [0.1, 0.15) is 17.3 Å². The monoisotopic (exact) mass is 260 g/mol. The Morgan fingerprint density at radius 2 is 2.16 bits per heavy atom. The zero-order valence-corrected chi connectivity index (χ0v) is 10.4. The Morgan fingerprint density at radius 1 is 1.37 bits per heavy atom. The van der Waals surface area contributed by atoms with Gasteiger partial charge in [-0.3, -0.25) is 9.78 Å². The molecular weight excluding hydrogens is 247 g/mol. The maximum Gasteiger partial charge on any atom is 0.254 e. The summed E-state index contributed by atoms with van der Waals surface area (Å²) in [4.78, 5) is 15.5. The van der Waals surface area contributed by atoms with Crippen molar-refractivity contribution in [2.24, 2.45) is 0 Å². The summed E-state index contributed by atoms with van der Waals surface area (Å²) in [6, 6.07) is 7.34. The molecule has 0 saturated heterocycles. The van der Waals surface area contributed by atoms with Gasteiger partial charge in [-0.15, -0.1) is 0 Å². The number of aromatic nitrogens is 1. The first kappa shape index (κ1) is 13.0. The van der Waals surface area contributed by atoms with Crippen LogP contribution in [0.4, 0.5) is 4.39 Å². The minimum Gasteiger partial charge on any atom is -0.506 e. The highest BCUT2D eigenvalue weighted by Crippen LogP contribution is 2.21. The zero-order valence-electron chi connectivity index (χ0n) is 10.4. The lowest BCUT2D eigenvalue weighted by molar-refractivity contribution is 0.0952. The first-order valence-electron chi connectivity index (χ1n) is 5.85. The van der Waals surface area contributed by atoms with Crippen LogP contribution in [0.2, 0.25) is 0 Å². The topological polar surface area (TPSA) is 62.2 Å². The van der Waals surface area contributed by atoms with Gasteiger partial charge in [0, 0.05) is 12.1 Å². The van der Waals surface area contributed by atoms with E-state index < -0.39 is 11.7 Å². The lowest BCUT2D eigenvalue weighted by Crippen LogP contribution is -2.23. The molecule has 2 N–H and O–H groups in total. The molecule has 0 saturated carbocycles. The van der Waals surface area contributed by atoms with Gasteiger partial charge in [0.2, 0.25) is 0 Å². The second-order valence-corrected chi connectivity index (χ2v) is 3.96. The summed E-state index contributed by atoms with van der Waals surface area (Å²) in [6.45, 7) is 2.21. The molecule has 0 spiro atoms. The SMILES string of the molecule is CCNC(=O)c1ccc(-c2ccc(O)cn2)cc1F. The van der Waals surface area contributed by atoms with E-state index in [-0.39, 0.29) is 11.3 Å². The molecule has 98 valence electrons. The molecule has 1 heterocycles. The van der Waals surface area contributed by atoms with Gasteiger partial charge in [0.1, 0.15) is 11.6 Å². The number of hydrogen-bond acceptors (Lipinski definition) is 3.